The van der Waals surface area contributed by atoms with Gasteiger partial charge in [0.1, 0.15) is 6.04 Å². The van der Waals surface area contributed by atoms with Gasteiger partial charge in [-0.15, -0.1) is 0 Å². The normalized spacial score (nSPS) is 17.3. The van der Waals surface area contributed by atoms with E-state index in [-0.39, 0.29) is 11.1 Å². The van der Waals surface area contributed by atoms with Crippen LogP contribution in [0.1, 0.15) is 41.5 Å². The van der Waals surface area contributed by atoms with Gasteiger partial charge in [0.2, 0.25) is 0 Å². The number of nitrogens with one attached hydrogen (secondary N) is 1. The second kappa shape index (κ2) is 10.3. The number of rotatable bonds is 7. The van der Waals surface area contributed by atoms with Crippen molar-refractivity contribution >= 4 is 35.1 Å². The van der Waals surface area contributed by atoms with Crippen LogP contribution in [-0.2, 0) is 19.1 Å². The average Bonchev–Trinajstić information content (AvgIpc) is 3.10. The monoisotopic (exact) mass is 479 g/mol. The van der Waals surface area contributed by atoms with Gasteiger partial charge in [0.05, 0.1) is 24.3 Å². The fourth-order valence-electron chi connectivity index (χ4n) is 4.25. The number of hydrogen-bond acceptors (Lipinski definition) is 7. The summed E-state index contributed by atoms with van der Waals surface area (Å²) in [6.45, 7) is 7.87. The summed E-state index contributed by atoms with van der Waals surface area (Å²) >= 11 is 0. The number of carbonyl (C=O) groups excluding carboxylic acids is 4. The molecule has 2 atom stereocenters. The highest BCUT2D eigenvalue weighted by Gasteiger charge is 2.45. The molecule has 2 aromatic rings. The molecule has 4 rings (SSSR count). The summed E-state index contributed by atoms with van der Waals surface area (Å²) in [4.78, 5) is 54.6. The van der Waals surface area contributed by atoms with Crippen LogP contribution in [-0.4, -0.2) is 67.0 Å². The van der Waals surface area contributed by atoms with Gasteiger partial charge >= 0.3 is 5.97 Å². The fourth-order valence-corrected chi connectivity index (χ4v) is 4.25. The molecule has 0 unspecified atom stereocenters. The summed E-state index contributed by atoms with van der Waals surface area (Å²) in [6, 6.07) is 12.7. The Morgan fingerprint density at radius 3 is 2.03 bits per heavy atom. The first-order valence-corrected chi connectivity index (χ1v) is 11.7. The van der Waals surface area contributed by atoms with E-state index < -0.39 is 41.8 Å². The lowest BCUT2D eigenvalue weighted by Gasteiger charge is -2.29. The van der Waals surface area contributed by atoms with Crippen LogP contribution < -0.4 is 10.2 Å². The molecule has 2 heterocycles. The molecule has 1 fully saturated rings. The lowest BCUT2D eigenvalue weighted by molar-refractivity contribution is -0.158. The Labute approximate surface area is 204 Å². The maximum absolute atomic E-state index is 13.0. The lowest BCUT2D eigenvalue weighted by atomic mass is 10.0. The van der Waals surface area contributed by atoms with E-state index in [1.807, 2.05) is 12.1 Å². The highest BCUT2D eigenvalue weighted by Crippen LogP contribution is 2.28. The third-order valence-corrected chi connectivity index (χ3v) is 6.15. The van der Waals surface area contributed by atoms with Crippen LogP contribution >= 0.6 is 0 Å². The SMILES string of the molecule is CC(C)[C@@H](C(=O)O[C@@H](C)C(=O)Nc1ccc(N2CCOCC2)cc1)N1C(=O)c2ccccc2C1=O. The largest absolute Gasteiger partial charge is 0.451 e. The lowest BCUT2D eigenvalue weighted by Crippen LogP contribution is -2.50. The third-order valence-electron chi connectivity index (χ3n) is 6.15. The molecule has 2 aliphatic rings. The zero-order valence-corrected chi connectivity index (χ0v) is 20.0. The van der Waals surface area contributed by atoms with Crippen molar-refractivity contribution in [1.82, 2.24) is 4.90 Å². The van der Waals surface area contributed by atoms with Crippen molar-refractivity contribution in [3.05, 3.63) is 59.7 Å². The number of benzene rings is 2. The van der Waals surface area contributed by atoms with Gasteiger partial charge in [0.25, 0.3) is 17.7 Å². The molecule has 2 aliphatic heterocycles. The van der Waals surface area contributed by atoms with Crippen LogP contribution in [0.25, 0.3) is 0 Å². The molecular formula is C26H29N3O6. The smallest absolute Gasteiger partial charge is 0.330 e. The Bertz CT molecular complexity index is 1090. The fraction of sp³-hybridized carbons (Fsp3) is 0.385. The topological polar surface area (TPSA) is 105 Å². The molecule has 1 N–H and O–H groups in total. The van der Waals surface area contributed by atoms with Crippen molar-refractivity contribution in [2.24, 2.45) is 5.92 Å². The second-order valence-corrected chi connectivity index (χ2v) is 8.93. The molecule has 35 heavy (non-hydrogen) atoms. The quantitative estimate of drug-likeness (QED) is 0.481. The first-order chi connectivity index (χ1) is 16.8. The average molecular weight is 480 g/mol. The number of ether oxygens (including phenoxy) is 2. The van der Waals surface area contributed by atoms with Gasteiger partial charge in [0, 0.05) is 24.5 Å². The highest BCUT2D eigenvalue weighted by molar-refractivity contribution is 6.22. The summed E-state index contributed by atoms with van der Waals surface area (Å²) in [7, 11) is 0. The van der Waals surface area contributed by atoms with E-state index in [2.05, 4.69) is 10.2 Å². The van der Waals surface area contributed by atoms with Crippen LogP contribution in [0.15, 0.2) is 48.5 Å². The van der Waals surface area contributed by atoms with Crippen molar-refractivity contribution in [3.8, 4) is 0 Å². The number of hydrogen-bond donors (Lipinski definition) is 1. The van der Waals surface area contributed by atoms with Gasteiger partial charge in [-0.2, -0.15) is 0 Å². The van der Waals surface area contributed by atoms with Gasteiger partial charge in [-0.25, -0.2) is 4.79 Å². The Balaban J connectivity index is 1.39. The molecular weight excluding hydrogens is 450 g/mol. The molecule has 0 radical (unpaired) electrons. The summed E-state index contributed by atoms with van der Waals surface area (Å²) in [6.07, 6.45) is -1.13. The maximum Gasteiger partial charge on any atom is 0.330 e. The molecule has 0 spiro atoms. The van der Waals surface area contributed by atoms with E-state index in [4.69, 9.17) is 9.47 Å². The number of morpholine rings is 1. The second-order valence-electron chi connectivity index (χ2n) is 8.93. The Morgan fingerprint density at radius 2 is 1.49 bits per heavy atom. The van der Waals surface area contributed by atoms with Gasteiger partial charge < -0.3 is 19.7 Å². The summed E-state index contributed by atoms with van der Waals surface area (Å²) in [5, 5.41) is 2.74. The summed E-state index contributed by atoms with van der Waals surface area (Å²) in [5.74, 6) is -2.81. The molecule has 9 heteroatoms. The first-order valence-electron chi connectivity index (χ1n) is 11.7. The van der Waals surface area contributed by atoms with E-state index in [0.717, 1.165) is 23.7 Å². The minimum atomic E-state index is -1.15. The van der Waals surface area contributed by atoms with Gasteiger partial charge in [0.15, 0.2) is 6.10 Å². The number of nitrogens with zero attached hydrogens (tertiary/aromatic N) is 2. The van der Waals surface area contributed by atoms with E-state index in [9.17, 15) is 19.2 Å². The van der Waals surface area contributed by atoms with Crippen molar-refractivity contribution in [3.63, 3.8) is 0 Å². The van der Waals surface area contributed by atoms with E-state index >= 15 is 0 Å². The number of fused-ring (bicyclic) bond motifs is 1. The summed E-state index contributed by atoms with van der Waals surface area (Å²) in [5.41, 5.74) is 2.10. The Hall–Kier alpha value is -3.72. The molecule has 0 bridgehead atoms. The standard InChI is InChI=1S/C26H29N3O6/c1-16(2)22(29-24(31)20-6-4-5-7-21(20)25(29)32)26(33)35-17(3)23(30)27-18-8-10-19(11-9-18)28-12-14-34-15-13-28/h4-11,16-17,22H,12-15H2,1-3H3,(H,27,30)/t17-,22-/m0/s1. The molecule has 9 nitrogen and oxygen atoms in total. The number of anilines is 2. The Morgan fingerprint density at radius 1 is 0.914 bits per heavy atom. The summed E-state index contributed by atoms with van der Waals surface area (Å²) < 4.78 is 10.8. The number of amides is 3. The predicted molar refractivity (Wildman–Crippen MR) is 129 cm³/mol. The van der Waals surface area contributed by atoms with Crippen molar-refractivity contribution in [2.75, 3.05) is 36.5 Å². The molecule has 2 aromatic carbocycles. The molecule has 0 saturated carbocycles. The van der Waals surface area contributed by atoms with Gasteiger partial charge in [-0.1, -0.05) is 26.0 Å². The number of esters is 1. The van der Waals surface area contributed by atoms with Crippen LogP contribution in [0.2, 0.25) is 0 Å². The van der Waals surface area contributed by atoms with Crippen LogP contribution in [0.5, 0.6) is 0 Å². The van der Waals surface area contributed by atoms with E-state index in [0.29, 0.717) is 18.9 Å². The molecule has 0 aromatic heterocycles. The van der Waals surface area contributed by atoms with Crippen LogP contribution in [0.4, 0.5) is 11.4 Å². The van der Waals surface area contributed by atoms with E-state index in [1.165, 1.54) is 6.92 Å². The number of imide groups is 1. The van der Waals surface area contributed by atoms with Crippen LogP contribution in [0.3, 0.4) is 0 Å². The zero-order valence-electron chi connectivity index (χ0n) is 20.0. The third kappa shape index (κ3) is 5.05. The molecule has 1 saturated heterocycles. The minimum absolute atomic E-state index is 0.252. The van der Waals surface area contributed by atoms with E-state index in [1.54, 1.807) is 50.2 Å². The first kappa shape index (κ1) is 24.4. The van der Waals surface area contributed by atoms with Crippen molar-refractivity contribution in [1.29, 1.82) is 0 Å². The highest BCUT2D eigenvalue weighted by atomic mass is 16.5. The Kier molecular flexibility index (Phi) is 7.16. The van der Waals surface area contributed by atoms with Gasteiger partial charge in [-0.3, -0.25) is 19.3 Å². The van der Waals surface area contributed by atoms with Crippen molar-refractivity contribution < 1.29 is 28.7 Å². The molecule has 3 amide bonds. The molecule has 0 aliphatic carbocycles. The molecule has 184 valence electrons. The van der Waals surface area contributed by atoms with Crippen molar-refractivity contribution in [2.45, 2.75) is 32.9 Å². The predicted octanol–water partition coefficient (Wildman–Crippen LogP) is 2.71. The minimum Gasteiger partial charge on any atom is -0.451 e. The maximum atomic E-state index is 13.0. The number of carbonyl (C=O) groups is 4. The zero-order chi connectivity index (χ0) is 25.1. The van der Waals surface area contributed by atoms with Gasteiger partial charge in [-0.05, 0) is 49.2 Å². The van der Waals surface area contributed by atoms with Crippen LogP contribution in [0, 0.1) is 5.92 Å².